The maximum absolute atomic E-state index is 11.4. The number of hydrogen-bond acceptors (Lipinski definition) is 5. The molecular formula is C9H11NO5S2. The summed E-state index contributed by atoms with van der Waals surface area (Å²) in [6.07, 6.45) is 0.936. The van der Waals surface area contributed by atoms with E-state index in [1.54, 1.807) is 12.3 Å². The van der Waals surface area contributed by atoms with Crippen molar-refractivity contribution in [3.05, 3.63) is 15.8 Å². The molecule has 8 heteroatoms. The first-order chi connectivity index (χ1) is 7.70. The van der Waals surface area contributed by atoms with Crippen LogP contribution in [0.3, 0.4) is 0 Å². The number of carbonyl (C=O) groups excluding carboxylic acids is 1. The fraction of sp³-hybridized carbons (Fsp3) is 0.333. The van der Waals surface area contributed by atoms with Gasteiger partial charge in [-0.05, 0) is 17.9 Å². The molecule has 6 nitrogen and oxygen atoms in total. The largest absolute Gasteiger partial charge is 0.477 e. The zero-order chi connectivity index (χ0) is 13.2. The summed E-state index contributed by atoms with van der Waals surface area (Å²) < 4.78 is 21.8. The zero-order valence-corrected chi connectivity index (χ0v) is 10.8. The van der Waals surface area contributed by atoms with Crippen molar-refractivity contribution in [1.82, 2.24) is 0 Å². The molecule has 0 spiro atoms. The van der Waals surface area contributed by atoms with Crippen LogP contribution in [0.5, 0.6) is 0 Å². The van der Waals surface area contributed by atoms with Crippen LogP contribution in [0.15, 0.2) is 5.38 Å². The van der Waals surface area contributed by atoms with Crippen LogP contribution in [0.4, 0.5) is 5.69 Å². The molecule has 0 unspecified atom stereocenters. The third kappa shape index (κ3) is 3.82. The maximum Gasteiger partial charge on any atom is 0.348 e. The molecule has 0 radical (unpaired) electrons. The number of amides is 1. The Morgan fingerprint density at radius 2 is 2.06 bits per heavy atom. The molecule has 0 aromatic carbocycles. The van der Waals surface area contributed by atoms with E-state index in [0.29, 0.717) is 5.56 Å². The van der Waals surface area contributed by atoms with Gasteiger partial charge in [-0.3, -0.25) is 4.79 Å². The second-order valence-electron chi connectivity index (χ2n) is 3.55. The van der Waals surface area contributed by atoms with E-state index in [1.807, 2.05) is 0 Å². The van der Waals surface area contributed by atoms with Crippen molar-refractivity contribution < 1.29 is 23.1 Å². The van der Waals surface area contributed by atoms with Gasteiger partial charge in [0.1, 0.15) is 10.6 Å². The van der Waals surface area contributed by atoms with Gasteiger partial charge >= 0.3 is 5.97 Å². The minimum Gasteiger partial charge on any atom is -0.477 e. The van der Waals surface area contributed by atoms with Gasteiger partial charge in [-0.1, -0.05) is 0 Å². The molecule has 0 atom stereocenters. The maximum atomic E-state index is 11.4. The van der Waals surface area contributed by atoms with Crippen molar-refractivity contribution in [3.63, 3.8) is 0 Å². The number of aromatic carboxylic acids is 1. The number of hydrogen-bond donors (Lipinski definition) is 2. The van der Waals surface area contributed by atoms with Crippen LogP contribution >= 0.6 is 11.3 Å². The highest BCUT2D eigenvalue weighted by molar-refractivity contribution is 7.91. The molecule has 0 fully saturated rings. The predicted octanol–water partition coefficient (Wildman–Crippen LogP) is 0.738. The smallest absolute Gasteiger partial charge is 0.348 e. The summed E-state index contributed by atoms with van der Waals surface area (Å²) in [6, 6.07) is 0. The average molecular weight is 277 g/mol. The number of carboxylic acid groups (broad SMARTS) is 1. The summed E-state index contributed by atoms with van der Waals surface area (Å²) in [6.45, 7) is 1.64. The monoisotopic (exact) mass is 277 g/mol. The van der Waals surface area contributed by atoms with E-state index in [0.717, 1.165) is 17.6 Å². The molecule has 1 aromatic heterocycles. The lowest BCUT2D eigenvalue weighted by molar-refractivity contribution is -0.113. The fourth-order valence-electron chi connectivity index (χ4n) is 1.17. The van der Waals surface area contributed by atoms with E-state index in [-0.39, 0.29) is 10.6 Å². The zero-order valence-electron chi connectivity index (χ0n) is 9.18. The van der Waals surface area contributed by atoms with Gasteiger partial charge in [0.25, 0.3) is 0 Å². The van der Waals surface area contributed by atoms with Gasteiger partial charge in [0.15, 0.2) is 9.84 Å². The Bertz CT molecular complexity index is 558. The normalized spacial score (nSPS) is 11.2. The first kappa shape index (κ1) is 13.7. The van der Waals surface area contributed by atoms with Crippen LogP contribution in [-0.4, -0.2) is 37.4 Å². The molecule has 0 aliphatic carbocycles. The van der Waals surface area contributed by atoms with Crippen molar-refractivity contribution in [2.24, 2.45) is 0 Å². The topological polar surface area (TPSA) is 101 Å². The number of rotatable bonds is 4. The highest BCUT2D eigenvalue weighted by atomic mass is 32.2. The summed E-state index contributed by atoms with van der Waals surface area (Å²) in [7, 11) is -3.43. The van der Waals surface area contributed by atoms with Crippen LogP contribution in [-0.2, 0) is 14.6 Å². The second kappa shape index (κ2) is 4.84. The Morgan fingerprint density at radius 3 is 2.53 bits per heavy atom. The van der Waals surface area contributed by atoms with Crippen molar-refractivity contribution in [1.29, 1.82) is 0 Å². The highest BCUT2D eigenvalue weighted by Gasteiger charge is 2.19. The minimum absolute atomic E-state index is 0.00986. The molecule has 1 rings (SSSR count). The van der Waals surface area contributed by atoms with E-state index in [1.165, 1.54) is 0 Å². The number of anilines is 1. The SMILES string of the molecule is Cc1csc(C(=O)O)c1NC(=O)CS(C)(=O)=O. The van der Waals surface area contributed by atoms with Crippen molar-refractivity contribution >= 4 is 38.7 Å². The third-order valence-electron chi connectivity index (χ3n) is 1.83. The minimum atomic E-state index is -3.43. The molecule has 17 heavy (non-hydrogen) atoms. The lowest BCUT2D eigenvalue weighted by Gasteiger charge is -2.05. The number of sulfone groups is 1. The van der Waals surface area contributed by atoms with Crippen LogP contribution in [0.1, 0.15) is 15.2 Å². The number of carboxylic acids is 1. The Kier molecular flexibility index (Phi) is 3.89. The molecular weight excluding hydrogens is 266 g/mol. The van der Waals surface area contributed by atoms with E-state index < -0.39 is 27.5 Å². The van der Waals surface area contributed by atoms with E-state index in [9.17, 15) is 18.0 Å². The van der Waals surface area contributed by atoms with Gasteiger partial charge in [-0.25, -0.2) is 13.2 Å². The molecule has 0 aliphatic rings. The first-order valence-electron chi connectivity index (χ1n) is 4.49. The van der Waals surface area contributed by atoms with Gasteiger partial charge in [0.05, 0.1) is 5.69 Å². The van der Waals surface area contributed by atoms with Gasteiger partial charge in [-0.2, -0.15) is 0 Å². The number of aryl methyl sites for hydroxylation is 1. The van der Waals surface area contributed by atoms with E-state index in [4.69, 9.17) is 5.11 Å². The molecule has 1 aromatic rings. The summed E-state index contributed by atoms with van der Waals surface area (Å²) in [5.41, 5.74) is 0.755. The van der Waals surface area contributed by atoms with Gasteiger partial charge in [0.2, 0.25) is 5.91 Å². The summed E-state index contributed by atoms with van der Waals surface area (Å²) in [5, 5.41) is 12.8. The van der Waals surface area contributed by atoms with E-state index in [2.05, 4.69) is 5.32 Å². The molecule has 1 amide bonds. The Balaban J connectivity index is 2.92. The molecule has 94 valence electrons. The van der Waals surface area contributed by atoms with Crippen LogP contribution in [0.25, 0.3) is 0 Å². The molecule has 0 saturated carbocycles. The van der Waals surface area contributed by atoms with E-state index >= 15 is 0 Å². The van der Waals surface area contributed by atoms with Crippen LogP contribution in [0.2, 0.25) is 0 Å². The molecule has 1 heterocycles. The van der Waals surface area contributed by atoms with Gasteiger partial charge in [-0.15, -0.1) is 11.3 Å². The molecule has 0 aliphatic heterocycles. The summed E-state index contributed by atoms with van der Waals surface area (Å²) in [4.78, 5) is 22.2. The Hall–Kier alpha value is -1.41. The van der Waals surface area contributed by atoms with Crippen molar-refractivity contribution in [3.8, 4) is 0 Å². The summed E-state index contributed by atoms with van der Waals surface area (Å²) >= 11 is 0.981. The van der Waals surface area contributed by atoms with Crippen molar-refractivity contribution in [2.75, 3.05) is 17.3 Å². The molecule has 2 N–H and O–H groups in total. The Morgan fingerprint density at radius 1 is 1.47 bits per heavy atom. The van der Waals surface area contributed by atoms with Crippen molar-refractivity contribution in [2.45, 2.75) is 6.92 Å². The fourth-order valence-corrected chi connectivity index (χ4v) is 2.56. The number of nitrogens with one attached hydrogen (secondary N) is 1. The van der Waals surface area contributed by atoms with Gasteiger partial charge in [0, 0.05) is 6.26 Å². The highest BCUT2D eigenvalue weighted by Crippen LogP contribution is 2.27. The number of carbonyl (C=O) groups is 2. The standard InChI is InChI=1S/C9H11NO5S2/c1-5-3-16-8(9(12)13)7(5)10-6(11)4-17(2,14)15/h3H,4H2,1-2H3,(H,10,11)(H,12,13). The Labute approximate surface area is 102 Å². The summed E-state index contributed by atoms with van der Waals surface area (Å²) in [5.74, 6) is -2.56. The van der Waals surface area contributed by atoms with Crippen LogP contribution < -0.4 is 5.32 Å². The average Bonchev–Trinajstić information content (AvgIpc) is 2.44. The molecule has 0 saturated heterocycles. The van der Waals surface area contributed by atoms with Crippen LogP contribution in [0, 0.1) is 6.92 Å². The predicted molar refractivity (Wildman–Crippen MR) is 64.4 cm³/mol. The lowest BCUT2D eigenvalue weighted by atomic mass is 10.2. The first-order valence-corrected chi connectivity index (χ1v) is 7.43. The number of thiophene rings is 1. The second-order valence-corrected chi connectivity index (χ2v) is 6.57. The lowest BCUT2D eigenvalue weighted by Crippen LogP contribution is -2.22. The third-order valence-corrected chi connectivity index (χ3v) is 3.70. The molecule has 0 bridgehead atoms. The van der Waals surface area contributed by atoms with Gasteiger partial charge < -0.3 is 10.4 Å². The quantitative estimate of drug-likeness (QED) is 0.845.